The minimum absolute atomic E-state index is 0.0391. The van der Waals surface area contributed by atoms with Gasteiger partial charge in [0.05, 0.1) is 96.6 Å². The van der Waals surface area contributed by atoms with Crippen molar-refractivity contribution in [2.24, 2.45) is 58.2 Å². The molecule has 14 rings (SSSR count). The van der Waals surface area contributed by atoms with Gasteiger partial charge in [0.1, 0.15) is 12.2 Å². The number of sulfonamides is 2. The SMILES string of the molecule is C[C@@H]1CC/C=C\[C@@H]2C[C@@]2(C(=O)NS(=O)(=O)C2(C)CC2)CC(=O)[C@@H]2C[C@@H](Oc3nccc4c(N5CCOCC5)cccc34)CN2C(=O)[C@@H](CC(=O)OC(C)(C)C(C)(F)F)[C@H](C)C1.C[C@H]1CC/C=C\[C@@H]2C[C@@]2(C(=O)NS(=O)(=O)C2(C)CC2)CC(=O)[C@@H]2C[C@@H](Oc3nccc4c(N5CCOCC5)cccc34)CN2C(=O)[C@@H](CC(=O)OC(C)(C)C(C)(F)F)[C@H](C)C1. The Kier molecular flexibility index (Phi) is 26.4. The first-order valence-electron chi connectivity index (χ1n) is 43.4. The number of Topliss-reactive ketones (excluding diaryl/α,β-unsaturated/α-hetero) is 2. The number of fused-ring (bicyclic) bond motifs is 6. The summed E-state index contributed by atoms with van der Waals surface area (Å²) in [7, 11) is -8.02. The Morgan fingerprint density at radius 3 is 1.23 bits per heavy atom. The van der Waals surface area contributed by atoms with Gasteiger partial charge < -0.3 is 48.0 Å². The number of halogens is 4. The molecule has 122 heavy (non-hydrogen) atoms. The van der Waals surface area contributed by atoms with Crippen molar-refractivity contribution >= 4 is 100 Å². The molecule has 668 valence electrons. The van der Waals surface area contributed by atoms with E-state index in [1.54, 1.807) is 26.2 Å². The predicted octanol–water partition coefficient (Wildman–Crippen LogP) is 12.8. The molecule has 2 aromatic heterocycles. The van der Waals surface area contributed by atoms with E-state index in [-0.39, 0.29) is 63.5 Å². The number of amides is 4. The Morgan fingerprint density at radius 2 is 0.885 bits per heavy atom. The summed E-state index contributed by atoms with van der Waals surface area (Å²) in [6.07, 6.45) is 14.0. The van der Waals surface area contributed by atoms with Crippen LogP contribution in [0.25, 0.3) is 21.5 Å². The van der Waals surface area contributed by atoms with E-state index >= 15 is 9.59 Å². The van der Waals surface area contributed by atoms with Gasteiger partial charge in [0.25, 0.3) is 11.8 Å². The van der Waals surface area contributed by atoms with Gasteiger partial charge in [0.2, 0.25) is 55.4 Å². The normalized spacial score (nSPS) is 30.4. The van der Waals surface area contributed by atoms with Gasteiger partial charge in [-0.15, -0.1) is 0 Å². The summed E-state index contributed by atoms with van der Waals surface area (Å²) in [6, 6.07) is 13.3. The lowest BCUT2D eigenvalue weighted by Crippen LogP contribution is -2.49. The van der Waals surface area contributed by atoms with Gasteiger partial charge >= 0.3 is 11.9 Å². The number of hydrogen-bond acceptors (Lipinski definition) is 22. The average molecular weight is 1740 g/mol. The second kappa shape index (κ2) is 35.2. The molecule has 26 nitrogen and oxygen atoms in total. The highest BCUT2D eigenvalue weighted by atomic mass is 32.2. The fourth-order valence-electron chi connectivity index (χ4n) is 18.4. The fourth-order valence-corrected chi connectivity index (χ4v) is 21.0. The summed E-state index contributed by atoms with van der Waals surface area (Å²) in [6.45, 7) is 21.9. The molecule has 0 spiro atoms. The lowest BCUT2D eigenvalue weighted by molar-refractivity contribution is -0.197. The zero-order valence-corrected chi connectivity index (χ0v) is 73.8. The van der Waals surface area contributed by atoms with Crippen molar-refractivity contribution in [2.75, 3.05) is 75.5 Å². The first-order valence-corrected chi connectivity index (χ1v) is 46.3. The summed E-state index contributed by atoms with van der Waals surface area (Å²) in [5.41, 5.74) is -4.98. The Balaban J connectivity index is 0.000000210. The van der Waals surface area contributed by atoms with E-state index in [0.717, 1.165) is 60.6 Å². The van der Waals surface area contributed by atoms with Crippen LogP contribution in [0.2, 0.25) is 0 Å². The van der Waals surface area contributed by atoms with Crippen LogP contribution >= 0.6 is 0 Å². The molecule has 2 N–H and O–H groups in total. The molecule has 14 atom stereocenters. The smallest absolute Gasteiger partial charge is 0.307 e. The maximum absolute atomic E-state index is 15.0. The topological polar surface area (TPSA) is 323 Å². The molecule has 6 aliphatic heterocycles. The number of nitrogens with zero attached hydrogens (tertiary/aromatic N) is 6. The standard InChI is InChI=1S/2C45H60F2N4O9S/c2*1-28-10-7-8-11-30-25-45(30,41(55)49-61(56,57)43(5)15-16-43)26-37(52)36-23-31(59-39-33-12-9-13-35(32(33)14-17-48-39)50-18-20-58-21-19-50)27-51(36)40(54)34(29(2)22-28)24-38(53)60-42(3,4)44(6,46)47/h2*8-9,11-14,17,28-31,34,36H,7,10,15-16,18-27H2,1-6H3,(H,49,55)/b2*11-8-/t28-,29+,30+,31+,34-,36-,45+;28-,29-,30-,31-,34+,36+,45-/m01/s1. The van der Waals surface area contributed by atoms with Crippen molar-refractivity contribution in [3.63, 3.8) is 0 Å². The van der Waals surface area contributed by atoms with Crippen LogP contribution in [0.15, 0.2) is 85.2 Å². The van der Waals surface area contributed by atoms with Gasteiger partial charge in [-0.05, 0) is 190 Å². The number of nitrogens with one attached hydrogen (secondary N) is 2. The quantitative estimate of drug-likeness (QED) is 0.0471. The summed E-state index contributed by atoms with van der Waals surface area (Å²) in [5.74, 6) is -14.9. The molecule has 4 amide bonds. The van der Waals surface area contributed by atoms with Crippen molar-refractivity contribution < 1.29 is 101 Å². The number of esters is 2. The highest BCUT2D eigenvalue weighted by molar-refractivity contribution is 7.92. The lowest BCUT2D eigenvalue weighted by Gasteiger charge is -2.34. The van der Waals surface area contributed by atoms with Crippen LogP contribution in [0.4, 0.5) is 28.9 Å². The molecular weight excluding hydrogens is 1620 g/mol. The van der Waals surface area contributed by atoms with Gasteiger partial charge in [0.15, 0.2) is 22.8 Å². The molecule has 0 unspecified atom stereocenters. The van der Waals surface area contributed by atoms with E-state index in [0.29, 0.717) is 142 Å². The molecule has 2 aromatic carbocycles. The number of allylic oxidation sites excluding steroid dienone is 4. The highest BCUT2D eigenvalue weighted by Gasteiger charge is 2.65. The largest absolute Gasteiger partial charge is 0.472 e. The number of rotatable bonds is 20. The van der Waals surface area contributed by atoms with E-state index in [2.05, 4.69) is 29.2 Å². The van der Waals surface area contributed by atoms with Crippen LogP contribution in [0, 0.1) is 58.2 Å². The van der Waals surface area contributed by atoms with Crippen LogP contribution in [-0.4, -0.2) is 206 Å². The van der Waals surface area contributed by atoms with E-state index < -0.39 is 183 Å². The van der Waals surface area contributed by atoms with Crippen molar-refractivity contribution in [2.45, 2.75) is 255 Å². The van der Waals surface area contributed by atoms with E-state index in [1.165, 1.54) is 9.80 Å². The number of alkyl halides is 4. The van der Waals surface area contributed by atoms with Gasteiger partial charge in [-0.25, -0.2) is 44.4 Å². The highest BCUT2D eigenvalue weighted by Crippen LogP contribution is 2.60. The molecule has 4 saturated heterocycles. The molecule has 4 aromatic rings. The predicted molar refractivity (Wildman–Crippen MR) is 449 cm³/mol. The molecule has 32 heteroatoms. The van der Waals surface area contributed by atoms with Gasteiger partial charge in [-0.1, -0.05) is 64.1 Å². The van der Waals surface area contributed by atoms with Crippen LogP contribution in [-0.2, 0) is 77.4 Å². The Labute approximate surface area is 712 Å². The van der Waals surface area contributed by atoms with Crippen LogP contribution in [0.3, 0.4) is 0 Å². The van der Waals surface area contributed by atoms with E-state index in [9.17, 15) is 63.2 Å². The fraction of sp³-hybridized carbons (Fsp3) is 0.667. The number of anilines is 2. The zero-order chi connectivity index (χ0) is 88.2. The van der Waals surface area contributed by atoms with Gasteiger partial charge in [-0.2, -0.15) is 0 Å². The Bertz CT molecular complexity index is 4640. The molecule has 8 heterocycles. The van der Waals surface area contributed by atoms with E-state index in [4.69, 9.17) is 28.4 Å². The Morgan fingerprint density at radius 1 is 0.525 bits per heavy atom. The molecule has 0 bridgehead atoms. The number of aromatic nitrogens is 2. The number of benzene rings is 2. The second-order valence-corrected chi connectivity index (χ2v) is 42.5. The van der Waals surface area contributed by atoms with Gasteiger partial charge in [0, 0.05) is 111 Å². The van der Waals surface area contributed by atoms with Crippen molar-refractivity contribution in [3.05, 3.63) is 85.2 Å². The maximum Gasteiger partial charge on any atom is 0.307 e. The summed E-state index contributed by atoms with van der Waals surface area (Å²) in [4.78, 5) is 131. The molecule has 10 aliphatic rings. The van der Waals surface area contributed by atoms with Crippen LogP contribution in [0.5, 0.6) is 11.8 Å². The number of carbonyl (C=O) groups is 8. The van der Waals surface area contributed by atoms with Crippen molar-refractivity contribution in [3.8, 4) is 11.8 Å². The van der Waals surface area contributed by atoms with Crippen molar-refractivity contribution in [1.29, 1.82) is 0 Å². The van der Waals surface area contributed by atoms with Crippen LogP contribution < -0.4 is 28.7 Å². The first-order chi connectivity index (χ1) is 57.3. The number of hydrogen-bond donors (Lipinski definition) is 2. The Hall–Kier alpha value is -8.36. The van der Waals surface area contributed by atoms with Crippen LogP contribution in [0.1, 0.15) is 199 Å². The molecular formula is C90H120F4N8O18S2. The monoisotopic (exact) mass is 1740 g/mol. The second-order valence-electron chi connectivity index (χ2n) is 38.1. The molecule has 8 fully saturated rings. The summed E-state index contributed by atoms with van der Waals surface area (Å²) in [5, 5.41) is 3.29. The lowest BCUT2D eigenvalue weighted by atomic mass is 9.82. The zero-order valence-electron chi connectivity index (χ0n) is 72.2. The third-order valence-corrected chi connectivity index (χ3v) is 32.3. The summed E-state index contributed by atoms with van der Waals surface area (Å²) >= 11 is 0. The minimum Gasteiger partial charge on any atom is -0.472 e. The number of pyridine rings is 2. The number of morpholine rings is 2. The third kappa shape index (κ3) is 19.7. The average Bonchev–Trinajstić information content (AvgIpc) is 1.57. The summed E-state index contributed by atoms with van der Waals surface area (Å²) < 4.78 is 149. The number of ketones is 2. The first kappa shape index (κ1) is 91.3. The maximum atomic E-state index is 15.0. The molecule has 4 aliphatic carbocycles. The number of carbonyl (C=O) groups excluding carboxylic acids is 8. The van der Waals surface area contributed by atoms with Gasteiger partial charge in [-0.3, -0.25) is 47.8 Å². The minimum atomic E-state index is -4.01. The molecule has 0 radical (unpaired) electrons. The third-order valence-electron chi connectivity index (χ3n) is 28.0. The molecule has 4 saturated carbocycles. The van der Waals surface area contributed by atoms with Crippen molar-refractivity contribution in [1.82, 2.24) is 29.2 Å². The number of ether oxygens (including phenoxy) is 6. The van der Waals surface area contributed by atoms with E-state index in [1.807, 2.05) is 101 Å².